The van der Waals surface area contributed by atoms with Gasteiger partial charge in [0.25, 0.3) is 0 Å². The summed E-state index contributed by atoms with van der Waals surface area (Å²) < 4.78 is 11.1. The molecule has 2 aliphatic rings. The molecule has 2 saturated heterocycles. The van der Waals surface area contributed by atoms with Crippen molar-refractivity contribution in [1.82, 2.24) is 9.80 Å². The molecule has 2 heterocycles. The standard InChI is InChI=1S/C21H24N2O3/c1-25-18-9-7-17(8-10-18)11-22-13-19-20(14-22)26-15-21(24)23(19)12-16-5-3-2-4-6-16/h2-10,19-20H,11-15H2,1H3/t19-,20+/m1/s1. The van der Waals surface area contributed by atoms with Crippen molar-refractivity contribution in [3.8, 4) is 5.75 Å². The molecule has 1 amide bonds. The maximum Gasteiger partial charge on any atom is 0.249 e. The highest BCUT2D eigenvalue weighted by Crippen LogP contribution is 2.26. The van der Waals surface area contributed by atoms with Crippen LogP contribution in [0.5, 0.6) is 5.75 Å². The van der Waals surface area contributed by atoms with E-state index >= 15 is 0 Å². The van der Waals surface area contributed by atoms with E-state index in [1.54, 1.807) is 7.11 Å². The van der Waals surface area contributed by atoms with Crippen molar-refractivity contribution in [1.29, 1.82) is 0 Å². The van der Waals surface area contributed by atoms with Crippen molar-refractivity contribution in [2.75, 3.05) is 26.8 Å². The van der Waals surface area contributed by atoms with E-state index in [1.165, 1.54) is 5.56 Å². The van der Waals surface area contributed by atoms with Gasteiger partial charge in [0.15, 0.2) is 0 Å². The van der Waals surface area contributed by atoms with Crippen LogP contribution in [-0.4, -0.2) is 54.7 Å². The van der Waals surface area contributed by atoms with Crippen LogP contribution in [0.1, 0.15) is 11.1 Å². The first-order valence-electron chi connectivity index (χ1n) is 9.03. The Morgan fingerprint density at radius 3 is 2.46 bits per heavy atom. The van der Waals surface area contributed by atoms with Crippen LogP contribution in [0.4, 0.5) is 0 Å². The summed E-state index contributed by atoms with van der Waals surface area (Å²) >= 11 is 0. The van der Waals surface area contributed by atoms with Crippen LogP contribution in [0.3, 0.4) is 0 Å². The number of hydrogen-bond acceptors (Lipinski definition) is 4. The molecule has 2 aromatic rings. The second-order valence-corrected chi connectivity index (χ2v) is 6.97. The van der Waals surface area contributed by atoms with Gasteiger partial charge in [0.2, 0.25) is 5.91 Å². The van der Waals surface area contributed by atoms with Gasteiger partial charge in [-0.25, -0.2) is 0 Å². The summed E-state index contributed by atoms with van der Waals surface area (Å²) in [6, 6.07) is 18.5. The number of hydrogen-bond donors (Lipinski definition) is 0. The monoisotopic (exact) mass is 352 g/mol. The second kappa shape index (κ2) is 7.48. The first-order valence-corrected chi connectivity index (χ1v) is 9.03. The van der Waals surface area contributed by atoms with Crippen molar-refractivity contribution < 1.29 is 14.3 Å². The third kappa shape index (κ3) is 3.59. The molecule has 0 bridgehead atoms. The quantitative estimate of drug-likeness (QED) is 0.828. The van der Waals surface area contributed by atoms with Gasteiger partial charge in [-0.2, -0.15) is 0 Å². The molecular weight excluding hydrogens is 328 g/mol. The molecule has 0 N–H and O–H groups in total. The number of methoxy groups -OCH3 is 1. The Balaban J connectivity index is 1.44. The van der Waals surface area contributed by atoms with Gasteiger partial charge in [-0.15, -0.1) is 0 Å². The Bertz CT molecular complexity index is 748. The number of amides is 1. The summed E-state index contributed by atoms with van der Waals surface area (Å²) in [4.78, 5) is 16.8. The summed E-state index contributed by atoms with van der Waals surface area (Å²) in [6.45, 7) is 3.39. The smallest absolute Gasteiger partial charge is 0.249 e. The molecule has 0 aliphatic carbocycles. The molecule has 5 nitrogen and oxygen atoms in total. The third-order valence-electron chi connectivity index (χ3n) is 5.22. The Hall–Kier alpha value is -2.37. The van der Waals surface area contributed by atoms with Crippen molar-refractivity contribution in [2.45, 2.75) is 25.2 Å². The maximum atomic E-state index is 12.4. The fourth-order valence-electron chi connectivity index (χ4n) is 3.85. The van der Waals surface area contributed by atoms with Crippen LogP contribution in [-0.2, 0) is 22.6 Å². The number of morpholine rings is 1. The van der Waals surface area contributed by atoms with Gasteiger partial charge in [-0.1, -0.05) is 42.5 Å². The van der Waals surface area contributed by atoms with Crippen LogP contribution < -0.4 is 4.74 Å². The van der Waals surface area contributed by atoms with Gasteiger partial charge < -0.3 is 14.4 Å². The fourth-order valence-corrected chi connectivity index (χ4v) is 3.85. The summed E-state index contributed by atoms with van der Waals surface area (Å²) in [5, 5.41) is 0. The van der Waals surface area contributed by atoms with Crippen LogP contribution >= 0.6 is 0 Å². The largest absolute Gasteiger partial charge is 0.497 e. The molecular formula is C21H24N2O3. The molecule has 0 aromatic heterocycles. The second-order valence-electron chi connectivity index (χ2n) is 6.97. The van der Waals surface area contributed by atoms with Crippen molar-refractivity contribution in [2.24, 2.45) is 0 Å². The van der Waals surface area contributed by atoms with Gasteiger partial charge in [0.1, 0.15) is 12.4 Å². The Morgan fingerprint density at radius 1 is 1.00 bits per heavy atom. The van der Waals surface area contributed by atoms with E-state index in [4.69, 9.17) is 9.47 Å². The minimum absolute atomic E-state index is 0.0846. The van der Waals surface area contributed by atoms with E-state index in [0.29, 0.717) is 6.54 Å². The van der Waals surface area contributed by atoms with Gasteiger partial charge in [0.05, 0.1) is 19.3 Å². The molecule has 0 saturated carbocycles. The molecule has 2 aromatic carbocycles. The Morgan fingerprint density at radius 2 is 1.73 bits per heavy atom. The predicted molar refractivity (Wildman–Crippen MR) is 98.8 cm³/mol. The van der Waals surface area contributed by atoms with Crippen molar-refractivity contribution in [3.05, 3.63) is 65.7 Å². The molecule has 2 aliphatic heterocycles. The molecule has 136 valence electrons. The molecule has 4 rings (SSSR count). The molecule has 2 atom stereocenters. The van der Waals surface area contributed by atoms with E-state index in [1.807, 2.05) is 35.2 Å². The number of nitrogens with zero attached hydrogens (tertiary/aromatic N) is 2. The maximum absolute atomic E-state index is 12.4. The zero-order valence-corrected chi connectivity index (χ0v) is 15.0. The van der Waals surface area contributed by atoms with E-state index in [9.17, 15) is 4.79 Å². The zero-order valence-electron chi connectivity index (χ0n) is 15.0. The number of likely N-dealkylation sites (tertiary alicyclic amines) is 1. The minimum atomic E-state index is 0.0846. The first kappa shape index (κ1) is 17.1. The predicted octanol–water partition coefficient (Wildman–Crippen LogP) is 2.31. The minimum Gasteiger partial charge on any atom is -0.497 e. The lowest BCUT2D eigenvalue weighted by molar-refractivity contribution is -0.153. The fraction of sp³-hybridized carbons (Fsp3) is 0.381. The summed E-state index contributed by atoms with van der Waals surface area (Å²) in [5.41, 5.74) is 2.40. The van der Waals surface area contributed by atoms with Crippen LogP contribution in [0, 0.1) is 0 Å². The van der Waals surface area contributed by atoms with Gasteiger partial charge >= 0.3 is 0 Å². The molecule has 0 radical (unpaired) electrons. The van der Waals surface area contributed by atoms with Crippen LogP contribution in [0.25, 0.3) is 0 Å². The normalized spacial score (nSPS) is 23.1. The van der Waals surface area contributed by atoms with E-state index < -0.39 is 0 Å². The van der Waals surface area contributed by atoms with E-state index in [-0.39, 0.29) is 24.7 Å². The zero-order chi connectivity index (χ0) is 17.9. The lowest BCUT2D eigenvalue weighted by atomic mass is 10.1. The summed E-state index contributed by atoms with van der Waals surface area (Å²) in [7, 11) is 1.68. The van der Waals surface area contributed by atoms with Crippen molar-refractivity contribution in [3.63, 3.8) is 0 Å². The number of carbonyl (C=O) groups is 1. The number of fused-ring (bicyclic) bond motifs is 1. The average molecular weight is 352 g/mol. The SMILES string of the molecule is COc1ccc(CN2C[C@@H]3OCC(=O)N(Cc4ccccc4)[C@@H]3C2)cc1. The van der Waals surface area contributed by atoms with E-state index in [0.717, 1.165) is 30.9 Å². The number of rotatable bonds is 5. The molecule has 5 heteroatoms. The van der Waals surface area contributed by atoms with Crippen LogP contribution in [0.2, 0.25) is 0 Å². The molecule has 0 unspecified atom stereocenters. The summed E-state index contributed by atoms with van der Waals surface area (Å²) in [6.07, 6.45) is 0.0923. The third-order valence-corrected chi connectivity index (χ3v) is 5.22. The van der Waals surface area contributed by atoms with Gasteiger partial charge in [0, 0.05) is 26.2 Å². The highest BCUT2D eigenvalue weighted by Gasteiger charge is 2.42. The number of benzene rings is 2. The highest BCUT2D eigenvalue weighted by molar-refractivity contribution is 5.78. The van der Waals surface area contributed by atoms with E-state index in [2.05, 4.69) is 29.2 Å². The van der Waals surface area contributed by atoms with Gasteiger partial charge in [-0.3, -0.25) is 9.69 Å². The Kier molecular flexibility index (Phi) is 4.91. The average Bonchev–Trinajstić information content (AvgIpc) is 3.08. The first-order chi connectivity index (χ1) is 12.7. The molecule has 2 fully saturated rings. The highest BCUT2D eigenvalue weighted by atomic mass is 16.5. The Labute approximate surface area is 154 Å². The number of ether oxygens (including phenoxy) is 2. The molecule has 0 spiro atoms. The number of carbonyl (C=O) groups excluding carboxylic acids is 1. The topological polar surface area (TPSA) is 42.0 Å². The van der Waals surface area contributed by atoms with Crippen molar-refractivity contribution >= 4 is 5.91 Å². The van der Waals surface area contributed by atoms with Gasteiger partial charge in [-0.05, 0) is 23.3 Å². The molecule has 26 heavy (non-hydrogen) atoms. The lowest BCUT2D eigenvalue weighted by Crippen LogP contribution is -2.53. The van der Waals surface area contributed by atoms with Crippen LogP contribution in [0.15, 0.2) is 54.6 Å². The summed E-state index contributed by atoms with van der Waals surface area (Å²) in [5.74, 6) is 0.952. The lowest BCUT2D eigenvalue weighted by Gasteiger charge is -2.36.